The third kappa shape index (κ3) is 2.78. The lowest BCUT2D eigenvalue weighted by Gasteiger charge is -2.29. The van der Waals surface area contributed by atoms with E-state index in [1.807, 2.05) is 6.07 Å². The number of halogens is 1. The molecule has 18 heavy (non-hydrogen) atoms. The maximum absolute atomic E-state index is 12.2. The minimum atomic E-state index is -0.555. The van der Waals surface area contributed by atoms with Crippen molar-refractivity contribution in [1.82, 2.24) is 9.88 Å². The lowest BCUT2D eigenvalue weighted by molar-refractivity contribution is 0.00346. The number of amides is 1. The van der Waals surface area contributed by atoms with Crippen molar-refractivity contribution in [3.63, 3.8) is 0 Å². The third-order valence-corrected chi connectivity index (χ3v) is 2.86. The highest BCUT2D eigenvalue weighted by atomic mass is 35.5. The molecule has 0 bridgehead atoms. The van der Waals surface area contributed by atoms with Gasteiger partial charge in [-0.15, -0.1) is 0 Å². The first-order valence-corrected chi connectivity index (χ1v) is 5.92. The predicted octanol–water partition coefficient (Wildman–Crippen LogP) is 1.41. The number of morpholine rings is 1. The fourth-order valence-electron chi connectivity index (χ4n) is 1.85. The summed E-state index contributed by atoms with van der Waals surface area (Å²) in [5.41, 5.74) is 1.18. The van der Waals surface area contributed by atoms with Gasteiger partial charge in [0.15, 0.2) is 6.10 Å². The first-order valence-electron chi connectivity index (χ1n) is 5.55. The van der Waals surface area contributed by atoms with E-state index < -0.39 is 6.10 Å². The minimum Gasteiger partial charge on any atom is -0.360 e. The van der Waals surface area contributed by atoms with Gasteiger partial charge in [-0.3, -0.25) is 4.79 Å². The van der Waals surface area contributed by atoms with Gasteiger partial charge in [0, 0.05) is 17.8 Å². The van der Waals surface area contributed by atoms with Gasteiger partial charge in [0.25, 0.3) is 5.91 Å². The summed E-state index contributed by atoms with van der Waals surface area (Å²) >= 11 is 5.83. The van der Waals surface area contributed by atoms with Crippen LogP contribution in [0.5, 0.6) is 0 Å². The van der Waals surface area contributed by atoms with E-state index in [1.165, 1.54) is 6.07 Å². The minimum absolute atomic E-state index is 0.147. The highest BCUT2D eigenvalue weighted by Crippen LogP contribution is 2.14. The van der Waals surface area contributed by atoms with Crippen LogP contribution in [0, 0.1) is 18.3 Å². The van der Waals surface area contributed by atoms with E-state index in [9.17, 15) is 4.79 Å². The summed E-state index contributed by atoms with van der Waals surface area (Å²) in [6.45, 7) is 2.92. The molecule has 1 aliphatic rings. The zero-order valence-corrected chi connectivity index (χ0v) is 10.6. The van der Waals surface area contributed by atoms with Crippen LogP contribution >= 0.6 is 11.6 Å². The van der Waals surface area contributed by atoms with Gasteiger partial charge in [-0.05, 0) is 19.1 Å². The van der Waals surface area contributed by atoms with Crippen molar-refractivity contribution in [3.05, 3.63) is 28.5 Å². The molecule has 1 aliphatic heterocycles. The highest BCUT2D eigenvalue weighted by molar-refractivity contribution is 6.29. The molecule has 1 amide bonds. The summed E-state index contributed by atoms with van der Waals surface area (Å²) < 4.78 is 5.20. The summed E-state index contributed by atoms with van der Waals surface area (Å²) in [5.74, 6) is -0.147. The van der Waals surface area contributed by atoms with E-state index in [2.05, 4.69) is 4.98 Å². The molecule has 0 aromatic carbocycles. The second kappa shape index (κ2) is 5.34. The molecule has 0 radical (unpaired) electrons. The number of ether oxygens (including phenoxy) is 1. The SMILES string of the molecule is Cc1cc(C(=O)N2CCOC(C#N)C2)cc(Cl)n1. The molecule has 0 aliphatic carbocycles. The Hall–Kier alpha value is -1.64. The Morgan fingerprint density at radius 3 is 3.11 bits per heavy atom. The first-order chi connectivity index (χ1) is 8.60. The number of nitrogens with zero attached hydrogens (tertiary/aromatic N) is 3. The Bertz CT molecular complexity index is 492. The van der Waals surface area contributed by atoms with Crippen molar-refractivity contribution in [2.24, 2.45) is 0 Å². The molecule has 1 fully saturated rings. The van der Waals surface area contributed by atoms with Crippen molar-refractivity contribution in [2.45, 2.75) is 13.0 Å². The number of aromatic nitrogens is 1. The van der Waals surface area contributed by atoms with Gasteiger partial charge in [-0.2, -0.15) is 5.26 Å². The maximum atomic E-state index is 12.2. The van der Waals surface area contributed by atoms with E-state index in [-0.39, 0.29) is 12.5 Å². The number of carbonyl (C=O) groups excluding carboxylic acids is 1. The second-order valence-electron chi connectivity index (χ2n) is 4.06. The zero-order valence-electron chi connectivity index (χ0n) is 9.89. The van der Waals surface area contributed by atoms with Gasteiger partial charge in [0.1, 0.15) is 5.15 Å². The summed E-state index contributed by atoms with van der Waals surface area (Å²) in [7, 11) is 0. The molecule has 6 heteroatoms. The first kappa shape index (κ1) is 12.8. The summed E-state index contributed by atoms with van der Waals surface area (Å²) in [5, 5.41) is 9.10. The Labute approximate surface area is 110 Å². The lowest BCUT2D eigenvalue weighted by atomic mass is 10.2. The molecule has 1 unspecified atom stereocenters. The molecule has 0 saturated carbocycles. The Balaban J connectivity index is 2.18. The van der Waals surface area contributed by atoms with Crippen LogP contribution in [0.1, 0.15) is 16.1 Å². The van der Waals surface area contributed by atoms with Crippen LogP contribution in [-0.4, -0.2) is 41.6 Å². The molecular formula is C12H12ClN3O2. The van der Waals surface area contributed by atoms with Gasteiger partial charge < -0.3 is 9.64 Å². The molecule has 94 valence electrons. The summed E-state index contributed by atoms with van der Waals surface area (Å²) in [6, 6.07) is 5.23. The number of aryl methyl sites for hydroxylation is 1. The molecule has 1 atom stereocenters. The van der Waals surface area contributed by atoms with E-state index in [4.69, 9.17) is 21.6 Å². The van der Waals surface area contributed by atoms with Gasteiger partial charge in [-0.1, -0.05) is 11.6 Å². The smallest absolute Gasteiger partial charge is 0.254 e. The van der Waals surface area contributed by atoms with Crippen LogP contribution < -0.4 is 0 Å². The zero-order chi connectivity index (χ0) is 13.1. The average molecular weight is 266 g/mol. The molecule has 0 N–H and O–H groups in total. The van der Waals surface area contributed by atoms with Crippen molar-refractivity contribution in [2.75, 3.05) is 19.7 Å². The molecule has 1 saturated heterocycles. The molecule has 2 heterocycles. The van der Waals surface area contributed by atoms with Gasteiger partial charge >= 0.3 is 0 Å². The fraction of sp³-hybridized carbons (Fsp3) is 0.417. The largest absolute Gasteiger partial charge is 0.360 e. The van der Waals surface area contributed by atoms with Crippen molar-refractivity contribution >= 4 is 17.5 Å². The van der Waals surface area contributed by atoms with E-state index >= 15 is 0 Å². The van der Waals surface area contributed by atoms with Gasteiger partial charge in [-0.25, -0.2) is 4.98 Å². The van der Waals surface area contributed by atoms with Crippen LogP contribution in [0.3, 0.4) is 0 Å². The Morgan fingerprint density at radius 1 is 1.67 bits per heavy atom. The number of hydrogen-bond acceptors (Lipinski definition) is 4. The van der Waals surface area contributed by atoms with Crippen molar-refractivity contribution in [1.29, 1.82) is 5.26 Å². The van der Waals surface area contributed by atoms with Crippen LogP contribution in [0.15, 0.2) is 12.1 Å². The topological polar surface area (TPSA) is 66.2 Å². The summed E-state index contributed by atoms with van der Waals surface area (Å²) in [4.78, 5) is 17.9. The van der Waals surface area contributed by atoms with E-state index in [1.54, 1.807) is 17.9 Å². The number of rotatable bonds is 1. The fourth-order valence-corrected chi connectivity index (χ4v) is 2.10. The van der Waals surface area contributed by atoms with Gasteiger partial charge in [0.05, 0.1) is 19.2 Å². The average Bonchev–Trinajstić information content (AvgIpc) is 2.37. The van der Waals surface area contributed by atoms with Crippen LogP contribution in [0.4, 0.5) is 0 Å². The van der Waals surface area contributed by atoms with E-state index in [0.717, 1.165) is 0 Å². The molecule has 1 aromatic heterocycles. The van der Waals surface area contributed by atoms with Crippen molar-refractivity contribution < 1.29 is 9.53 Å². The van der Waals surface area contributed by atoms with Crippen LogP contribution in [0.2, 0.25) is 5.15 Å². The molecule has 2 rings (SSSR count). The molecular weight excluding hydrogens is 254 g/mol. The molecule has 1 aromatic rings. The Morgan fingerprint density at radius 2 is 2.44 bits per heavy atom. The van der Waals surface area contributed by atoms with Crippen molar-refractivity contribution in [3.8, 4) is 6.07 Å². The molecule has 5 nitrogen and oxygen atoms in total. The van der Waals surface area contributed by atoms with Crippen LogP contribution in [-0.2, 0) is 4.74 Å². The second-order valence-corrected chi connectivity index (χ2v) is 4.45. The van der Waals surface area contributed by atoms with Crippen LogP contribution in [0.25, 0.3) is 0 Å². The van der Waals surface area contributed by atoms with E-state index in [0.29, 0.717) is 29.6 Å². The predicted molar refractivity (Wildman–Crippen MR) is 65.2 cm³/mol. The molecule has 0 spiro atoms. The standard InChI is InChI=1S/C12H12ClN3O2/c1-8-4-9(5-11(13)15-8)12(17)16-2-3-18-10(6-14)7-16/h4-5,10H,2-3,7H2,1H3. The number of carbonyl (C=O) groups is 1. The Kier molecular flexibility index (Phi) is 3.80. The highest BCUT2D eigenvalue weighted by Gasteiger charge is 2.25. The summed E-state index contributed by atoms with van der Waals surface area (Å²) in [6.07, 6.45) is -0.555. The number of pyridine rings is 1. The normalized spacial score (nSPS) is 19.4. The number of nitriles is 1. The monoisotopic (exact) mass is 265 g/mol. The maximum Gasteiger partial charge on any atom is 0.254 e. The quantitative estimate of drug-likeness (QED) is 0.720. The third-order valence-electron chi connectivity index (χ3n) is 2.67. The number of hydrogen-bond donors (Lipinski definition) is 0. The lowest BCUT2D eigenvalue weighted by Crippen LogP contribution is -2.45. The van der Waals surface area contributed by atoms with Gasteiger partial charge in [0.2, 0.25) is 0 Å².